The minimum Gasteiger partial charge on any atom is -0.311 e. The van der Waals surface area contributed by atoms with Crippen molar-refractivity contribution in [3.63, 3.8) is 0 Å². The Morgan fingerprint density at radius 2 is 2.00 bits per heavy atom. The van der Waals surface area contributed by atoms with Crippen molar-refractivity contribution >= 4 is 0 Å². The summed E-state index contributed by atoms with van der Waals surface area (Å²) in [5, 5.41) is 3.83. The lowest BCUT2D eigenvalue weighted by Crippen LogP contribution is -2.55. The Morgan fingerprint density at radius 3 is 2.59 bits per heavy atom. The van der Waals surface area contributed by atoms with Gasteiger partial charge < -0.3 is 10.2 Å². The van der Waals surface area contributed by atoms with E-state index in [1.54, 1.807) is 0 Å². The predicted octanol–water partition coefficient (Wildman–Crippen LogP) is 2.95. The third-order valence-corrected chi connectivity index (χ3v) is 4.66. The summed E-state index contributed by atoms with van der Waals surface area (Å²) in [6, 6.07) is 3.07. The fourth-order valence-corrected chi connectivity index (χ4v) is 3.61. The summed E-state index contributed by atoms with van der Waals surface area (Å²) >= 11 is 0. The van der Waals surface area contributed by atoms with Crippen molar-refractivity contribution in [2.24, 2.45) is 0 Å². The molecule has 3 atom stereocenters. The number of rotatable bonds is 5. The van der Waals surface area contributed by atoms with Gasteiger partial charge in [0.05, 0.1) is 0 Å². The van der Waals surface area contributed by atoms with E-state index in [1.165, 1.54) is 38.5 Å². The van der Waals surface area contributed by atoms with Gasteiger partial charge in [0.15, 0.2) is 0 Å². The Labute approximate surface area is 106 Å². The van der Waals surface area contributed by atoms with Crippen LogP contribution < -0.4 is 5.32 Å². The maximum Gasteiger partial charge on any atom is 0.0110 e. The summed E-state index contributed by atoms with van der Waals surface area (Å²) < 4.78 is 0. The molecule has 2 heterocycles. The Bertz CT molecular complexity index is 237. The molecule has 2 heteroatoms. The number of piperidine rings is 2. The Kier molecular flexibility index (Phi) is 4.63. The van der Waals surface area contributed by atoms with Gasteiger partial charge in [0, 0.05) is 24.2 Å². The van der Waals surface area contributed by atoms with Crippen LogP contribution in [0.15, 0.2) is 12.7 Å². The van der Waals surface area contributed by atoms with Gasteiger partial charge in [-0.1, -0.05) is 12.5 Å². The topological polar surface area (TPSA) is 15.3 Å². The maximum absolute atomic E-state index is 3.83. The van der Waals surface area contributed by atoms with Crippen molar-refractivity contribution in [1.29, 1.82) is 0 Å². The van der Waals surface area contributed by atoms with Crippen LogP contribution in [0.1, 0.15) is 51.9 Å². The molecule has 0 amide bonds. The zero-order chi connectivity index (χ0) is 12.3. The molecule has 0 radical (unpaired) electrons. The number of hydrogen-bond donors (Lipinski definition) is 1. The third-order valence-electron chi connectivity index (χ3n) is 4.66. The lowest BCUT2D eigenvalue weighted by molar-refractivity contribution is 0.0461. The summed E-state index contributed by atoms with van der Waals surface area (Å²) in [7, 11) is 2.33. The first-order chi connectivity index (χ1) is 8.20. The number of nitrogens with zero attached hydrogens (tertiary/aromatic N) is 1. The molecule has 1 N–H and O–H groups in total. The molecule has 0 aromatic rings. The van der Waals surface area contributed by atoms with Gasteiger partial charge in [0.1, 0.15) is 0 Å². The molecule has 0 spiro atoms. The number of allylic oxidation sites excluding steroid dienone is 1. The lowest BCUT2D eigenvalue weighted by Gasteiger charge is -2.47. The van der Waals surface area contributed by atoms with Gasteiger partial charge in [-0.3, -0.25) is 0 Å². The van der Waals surface area contributed by atoms with Crippen LogP contribution >= 0.6 is 0 Å². The van der Waals surface area contributed by atoms with E-state index >= 15 is 0 Å². The van der Waals surface area contributed by atoms with Crippen molar-refractivity contribution < 1.29 is 0 Å². The highest BCUT2D eigenvalue weighted by Gasteiger charge is 2.35. The Balaban J connectivity index is 1.81. The van der Waals surface area contributed by atoms with Gasteiger partial charge in [-0.25, -0.2) is 0 Å². The quantitative estimate of drug-likeness (QED) is 0.738. The molecule has 0 aliphatic carbocycles. The average molecular weight is 236 g/mol. The van der Waals surface area contributed by atoms with Crippen LogP contribution in [0.2, 0.25) is 0 Å². The third kappa shape index (κ3) is 3.32. The van der Waals surface area contributed by atoms with Gasteiger partial charge in [0.25, 0.3) is 0 Å². The van der Waals surface area contributed by atoms with Gasteiger partial charge in [0.2, 0.25) is 0 Å². The second kappa shape index (κ2) is 6.01. The van der Waals surface area contributed by atoms with Gasteiger partial charge in [-0.2, -0.15) is 0 Å². The molecule has 2 aliphatic rings. The molecule has 0 aromatic heterocycles. The molecule has 0 saturated carbocycles. The van der Waals surface area contributed by atoms with E-state index < -0.39 is 0 Å². The fourth-order valence-electron chi connectivity index (χ4n) is 3.61. The van der Waals surface area contributed by atoms with Crippen LogP contribution in [-0.4, -0.2) is 36.1 Å². The second-order valence-electron chi connectivity index (χ2n) is 6.01. The molecular formula is C15H28N2. The first kappa shape index (κ1) is 13.1. The summed E-state index contributed by atoms with van der Waals surface area (Å²) in [5.41, 5.74) is 0. The van der Waals surface area contributed by atoms with Crippen molar-refractivity contribution in [1.82, 2.24) is 10.2 Å². The summed E-state index contributed by atoms with van der Waals surface area (Å²) in [6.07, 6.45) is 11.4. The molecule has 2 nitrogen and oxygen atoms in total. The molecule has 98 valence electrons. The first-order valence-electron chi connectivity index (χ1n) is 7.29. The standard InChI is InChI=1S/C15H28N2/c1-4-5-7-12(2)16-13-10-14-8-6-9-15(11-13)17(14)3/h4,12-16H,1,5-11H2,2-3H3. The molecule has 2 aliphatic heterocycles. The van der Waals surface area contributed by atoms with Crippen LogP contribution in [0.25, 0.3) is 0 Å². The largest absolute Gasteiger partial charge is 0.311 e. The van der Waals surface area contributed by atoms with Gasteiger partial charge in [-0.15, -0.1) is 6.58 Å². The van der Waals surface area contributed by atoms with Crippen LogP contribution in [0.4, 0.5) is 0 Å². The maximum atomic E-state index is 3.83. The van der Waals surface area contributed by atoms with E-state index in [2.05, 4.69) is 30.8 Å². The molecular weight excluding hydrogens is 208 g/mol. The highest BCUT2D eigenvalue weighted by Crippen LogP contribution is 2.32. The van der Waals surface area contributed by atoms with E-state index in [4.69, 9.17) is 0 Å². The van der Waals surface area contributed by atoms with Crippen molar-refractivity contribution in [2.45, 2.75) is 76.0 Å². The van der Waals surface area contributed by atoms with Gasteiger partial charge >= 0.3 is 0 Å². The smallest absolute Gasteiger partial charge is 0.0110 e. The molecule has 2 fully saturated rings. The van der Waals surface area contributed by atoms with Crippen LogP contribution in [-0.2, 0) is 0 Å². The van der Waals surface area contributed by atoms with Crippen molar-refractivity contribution in [3.05, 3.63) is 12.7 Å². The SMILES string of the molecule is C=CCCC(C)NC1CC2CCCC(C1)N2C. The van der Waals surface area contributed by atoms with Crippen LogP contribution in [0.3, 0.4) is 0 Å². The van der Waals surface area contributed by atoms with E-state index in [9.17, 15) is 0 Å². The second-order valence-corrected chi connectivity index (χ2v) is 6.01. The Morgan fingerprint density at radius 1 is 1.35 bits per heavy atom. The minimum absolute atomic E-state index is 0.641. The average Bonchev–Trinajstić information content (AvgIpc) is 2.28. The molecule has 2 saturated heterocycles. The molecule has 3 unspecified atom stereocenters. The van der Waals surface area contributed by atoms with Gasteiger partial charge in [-0.05, 0) is 52.5 Å². The highest BCUT2D eigenvalue weighted by molar-refractivity contribution is 4.94. The number of nitrogens with one attached hydrogen (secondary N) is 1. The lowest BCUT2D eigenvalue weighted by atomic mass is 9.82. The van der Waals surface area contributed by atoms with Crippen molar-refractivity contribution in [3.8, 4) is 0 Å². The summed E-state index contributed by atoms with van der Waals surface area (Å²) in [6.45, 7) is 6.12. The van der Waals surface area contributed by atoms with E-state index in [0.29, 0.717) is 6.04 Å². The molecule has 0 aromatic carbocycles. The monoisotopic (exact) mass is 236 g/mol. The Hall–Kier alpha value is -0.340. The first-order valence-corrected chi connectivity index (χ1v) is 7.29. The van der Waals surface area contributed by atoms with Crippen molar-refractivity contribution in [2.75, 3.05) is 7.05 Å². The van der Waals surface area contributed by atoms with E-state index in [0.717, 1.165) is 24.5 Å². The summed E-state index contributed by atoms with van der Waals surface area (Å²) in [4.78, 5) is 2.64. The zero-order valence-corrected chi connectivity index (χ0v) is 11.5. The van der Waals surface area contributed by atoms with E-state index in [-0.39, 0.29) is 0 Å². The molecule has 17 heavy (non-hydrogen) atoms. The number of hydrogen-bond acceptors (Lipinski definition) is 2. The fraction of sp³-hybridized carbons (Fsp3) is 0.867. The molecule has 2 bridgehead atoms. The zero-order valence-electron chi connectivity index (χ0n) is 11.5. The minimum atomic E-state index is 0.641. The van der Waals surface area contributed by atoms with E-state index in [1.807, 2.05) is 6.08 Å². The number of fused-ring (bicyclic) bond motifs is 2. The molecule has 2 rings (SSSR count). The highest BCUT2D eigenvalue weighted by atomic mass is 15.2. The van der Waals surface area contributed by atoms with Crippen LogP contribution in [0.5, 0.6) is 0 Å². The summed E-state index contributed by atoms with van der Waals surface area (Å²) in [5.74, 6) is 0. The normalized spacial score (nSPS) is 35.5. The van der Waals surface area contributed by atoms with Crippen LogP contribution in [0, 0.1) is 0 Å². The predicted molar refractivity (Wildman–Crippen MR) is 74.2 cm³/mol.